The molecule has 0 N–H and O–H groups in total. The number of hydrogen-bond donors (Lipinski definition) is 0. The molecule has 1 saturated heterocycles. The first-order valence-electron chi connectivity index (χ1n) is 11.1. The maximum atomic E-state index is 11.5. The Morgan fingerprint density at radius 3 is 2.12 bits per heavy atom. The first-order chi connectivity index (χ1) is 15.6. The molecule has 0 spiro atoms. The molecule has 0 aromatic heterocycles. The van der Waals surface area contributed by atoms with Crippen LogP contribution in [0.3, 0.4) is 0 Å². The number of nitrogens with zero attached hydrogens (tertiary/aromatic N) is 3. The number of piperazine rings is 1. The van der Waals surface area contributed by atoms with Crippen molar-refractivity contribution in [2.24, 2.45) is 0 Å². The molecule has 8 nitrogen and oxygen atoms in total. The zero-order valence-electron chi connectivity index (χ0n) is 18.9. The van der Waals surface area contributed by atoms with Crippen LogP contribution in [-0.2, 0) is 14.3 Å². The van der Waals surface area contributed by atoms with Gasteiger partial charge in [-0.1, -0.05) is 30.3 Å². The largest absolute Gasteiger partial charge is 0.466 e. The average Bonchev–Trinajstić information content (AvgIpc) is 2.82. The van der Waals surface area contributed by atoms with Crippen LogP contribution in [0.25, 0.3) is 0 Å². The number of esters is 1. The number of non-ortho nitro benzene ring substituents is 1. The molecule has 0 radical (unpaired) electrons. The summed E-state index contributed by atoms with van der Waals surface area (Å²) in [5.74, 6) is -0.137. The number of ether oxygens (including phenoxy) is 2. The molecular weight excluding hydrogens is 446 g/mol. The Bertz CT molecular complexity index is 858. The van der Waals surface area contributed by atoms with Gasteiger partial charge in [0.1, 0.15) is 6.10 Å². The fourth-order valence-corrected chi connectivity index (χ4v) is 3.80. The van der Waals surface area contributed by atoms with Crippen molar-refractivity contribution in [1.82, 2.24) is 9.80 Å². The van der Waals surface area contributed by atoms with Crippen molar-refractivity contribution in [3.8, 4) is 0 Å². The Hall–Kier alpha value is -2.52. The highest BCUT2D eigenvalue weighted by atomic mass is 35.5. The number of nitro groups is 1. The Balaban J connectivity index is 0.00000385. The zero-order valence-corrected chi connectivity index (χ0v) is 19.7. The summed E-state index contributed by atoms with van der Waals surface area (Å²) in [5.41, 5.74) is 1.98. The summed E-state index contributed by atoms with van der Waals surface area (Å²) in [7, 11) is 0. The maximum Gasteiger partial charge on any atom is 0.307 e. The zero-order chi connectivity index (χ0) is 22.8. The van der Waals surface area contributed by atoms with Crippen LogP contribution >= 0.6 is 12.4 Å². The lowest BCUT2D eigenvalue weighted by atomic mass is 10.0. The van der Waals surface area contributed by atoms with Crippen LogP contribution in [0.1, 0.15) is 30.6 Å². The minimum atomic E-state index is -0.394. The predicted molar refractivity (Wildman–Crippen MR) is 129 cm³/mol. The van der Waals surface area contributed by atoms with Crippen LogP contribution in [0.2, 0.25) is 0 Å². The number of carbonyl (C=O) groups is 1. The van der Waals surface area contributed by atoms with Gasteiger partial charge in [0.25, 0.3) is 5.69 Å². The Kier molecular flexibility index (Phi) is 11.3. The van der Waals surface area contributed by atoms with E-state index in [2.05, 4.69) is 9.80 Å². The quantitative estimate of drug-likeness (QED) is 0.277. The molecule has 180 valence electrons. The van der Waals surface area contributed by atoms with E-state index in [1.54, 1.807) is 12.1 Å². The van der Waals surface area contributed by atoms with Gasteiger partial charge in [0.15, 0.2) is 0 Å². The smallest absolute Gasteiger partial charge is 0.307 e. The van der Waals surface area contributed by atoms with Crippen molar-refractivity contribution in [3.05, 3.63) is 75.8 Å². The predicted octanol–water partition coefficient (Wildman–Crippen LogP) is 3.69. The second kappa shape index (κ2) is 13.9. The molecule has 1 aliphatic heterocycles. The molecule has 0 bridgehead atoms. The first kappa shape index (κ1) is 26.7. The SMILES string of the molecule is CCOC(=O)CCN1CCN(CCOC(c2ccccc2)c2ccc([N+](=O)[O-])cc2)CC1.Cl. The fourth-order valence-electron chi connectivity index (χ4n) is 3.80. The monoisotopic (exact) mass is 477 g/mol. The Morgan fingerprint density at radius 2 is 1.55 bits per heavy atom. The van der Waals surface area contributed by atoms with Gasteiger partial charge >= 0.3 is 5.97 Å². The van der Waals surface area contributed by atoms with Crippen LogP contribution in [0.15, 0.2) is 54.6 Å². The molecule has 1 fully saturated rings. The van der Waals surface area contributed by atoms with Crippen molar-refractivity contribution in [2.45, 2.75) is 19.4 Å². The summed E-state index contributed by atoms with van der Waals surface area (Å²) in [5, 5.41) is 11.0. The van der Waals surface area contributed by atoms with Gasteiger partial charge in [-0.3, -0.25) is 19.8 Å². The van der Waals surface area contributed by atoms with Gasteiger partial charge in [-0.15, -0.1) is 12.4 Å². The summed E-state index contributed by atoms with van der Waals surface area (Å²) < 4.78 is 11.3. The van der Waals surface area contributed by atoms with Crippen molar-refractivity contribution < 1.29 is 19.2 Å². The van der Waals surface area contributed by atoms with E-state index in [4.69, 9.17) is 9.47 Å². The Morgan fingerprint density at radius 1 is 0.970 bits per heavy atom. The van der Waals surface area contributed by atoms with Gasteiger partial charge < -0.3 is 14.4 Å². The van der Waals surface area contributed by atoms with Gasteiger partial charge in [-0.25, -0.2) is 0 Å². The normalized spacial score (nSPS) is 15.4. The second-order valence-corrected chi connectivity index (χ2v) is 7.75. The third-order valence-corrected chi connectivity index (χ3v) is 5.60. The summed E-state index contributed by atoms with van der Waals surface area (Å²) in [6.07, 6.45) is 0.160. The van der Waals surface area contributed by atoms with E-state index in [1.165, 1.54) is 12.1 Å². The van der Waals surface area contributed by atoms with Crippen molar-refractivity contribution >= 4 is 24.1 Å². The molecule has 1 unspecified atom stereocenters. The molecular formula is C24H32ClN3O5. The molecule has 0 saturated carbocycles. The molecule has 0 aliphatic carbocycles. The number of benzene rings is 2. The lowest BCUT2D eigenvalue weighted by molar-refractivity contribution is -0.384. The number of nitro benzene ring substituents is 1. The fraction of sp³-hybridized carbons (Fsp3) is 0.458. The molecule has 1 atom stereocenters. The summed E-state index contributed by atoms with van der Waals surface area (Å²) in [6, 6.07) is 16.5. The van der Waals surface area contributed by atoms with Crippen molar-refractivity contribution in [3.63, 3.8) is 0 Å². The van der Waals surface area contributed by atoms with Crippen LogP contribution in [0.5, 0.6) is 0 Å². The molecule has 0 amide bonds. The Labute approximate surface area is 201 Å². The van der Waals surface area contributed by atoms with Crippen LogP contribution < -0.4 is 0 Å². The van der Waals surface area contributed by atoms with Gasteiger partial charge in [0.2, 0.25) is 0 Å². The van der Waals surface area contributed by atoms with Crippen LogP contribution in [0, 0.1) is 10.1 Å². The van der Waals surface area contributed by atoms with E-state index in [1.807, 2.05) is 37.3 Å². The number of halogens is 1. The summed E-state index contributed by atoms with van der Waals surface area (Å²) in [6.45, 7) is 8.05. The van der Waals surface area contributed by atoms with Crippen molar-refractivity contribution in [2.75, 3.05) is 52.5 Å². The second-order valence-electron chi connectivity index (χ2n) is 7.75. The minimum Gasteiger partial charge on any atom is -0.466 e. The molecule has 3 rings (SSSR count). The van der Waals surface area contributed by atoms with Crippen LogP contribution in [0.4, 0.5) is 5.69 Å². The highest BCUT2D eigenvalue weighted by Gasteiger charge is 2.20. The van der Waals surface area contributed by atoms with Crippen LogP contribution in [-0.4, -0.2) is 73.2 Å². The number of carbonyl (C=O) groups excluding carboxylic acids is 1. The highest BCUT2D eigenvalue weighted by molar-refractivity contribution is 5.85. The first-order valence-corrected chi connectivity index (χ1v) is 11.1. The van der Waals surface area contributed by atoms with E-state index in [0.29, 0.717) is 19.6 Å². The highest BCUT2D eigenvalue weighted by Crippen LogP contribution is 2.27. The number of hydrogen-bond acceptors (Lipinski definition) is 7. The molecule has 9 heteroatoms. The number of rotatable bonds is 11. The van der Waals surface area contributed by atoms with E-state index in [9.17, 15) is 14.9 Å². The molecule has 1 heterocycles. The van der Waals surface area contributed by atoms with Crippen molar-refractivity contribution in [1.29, 1.82) is 0 Å². The van der Waals surface area contributed by atoms with Gasteiger partial charge in [0.05, 0.1) is 24.6 Å². The lowest BCUT2D eigenvalue weighted by Gasteiger charge is -2.34. The lowest BCUT2D eigenvalue weighted by Crippen LogP contribution is -2.47. The van der Waals surface area contributed by atoms with Gasteiger partial charge in [0, 0.05) is 51.4 Å². The summed E-state index contributed by atoms with van der Waals surface area (Å²) in [4.78, 5) is 26.8. The molecule has 33 heavy (non-hydrogen) atoms. The minimum absolute atomic E-state index is 0. The maximum absolute atomic E-state index is 11.5. The molecule has 2 aromatic carbocycles. The summed E-state index contributed by atoms with van der Waals surface area (Å²) >= 11 is 0. The topological polar surface area (TPSA) is 85.2 Å². The molecule has 2 aromatic rings. The standard InChI is InChI=1S/C24H31N3O5.ClH/c1-2-31-23(28)12-13-25-14-16-26(17-15-25)18-19-32-24(20-6-4-3-5-7-20)21-8-10-22(11-9-21)27(29)30;/h3-11,24H,2,12-19H2,1H3;1H. The van der Waals surface area contributed by atoms with Gasteiger partial charge in [-0.05, 0) is 30.2 Å². The molecule has 1 aliphatic rings. The average molecular weight is 478 g/mol. The van der Waals surface area contributed by atoms with E-state index in [0.717, 1.165) is 50.4 Å². The third-order valence-electron chi connectivity index (χ3n) is 5.60. The van der Waals surface area contributed by atoms with E-state index >= 15 is 0 Å². The third kappa shape index (κ3) is 8.40. The van der Waals surface area contributed by atoms with E-state index in [-0.39, 0.29) is 30.2 Å². The van der Waals surface area contributed by atoms with E-state index < -0.39 is 4.92 Å². The van der Waals surface area contributed by atoms with Gasteiger partial charge in [-0.2, -0.15) is 0 Å².